The zero-order valence-electron chi connectivity index (χ0n) is 57.5. The number of rotatable bonds is 18. The molecule has 24 nitrogen and oxygen atoms in total. The number of aryl methyl sites for hydroxylation is 6. The SMILES string of the molecule is Cn1cc(-c2cc(F)c3c(c2)CCC3Cc2nc3nc(O[C@@H]4CO[C@H](CO)C4)[nH]c3cc2Cl)cn1.Cn1cc(-c2cc(F)c3c(c2)CCC3Cc2nc3nc(O[C@@H]4CO[C@H](CO)C4)[nH]c3cc2Cl)cn1.Cn1cc(-c2cc(F)c3c(c2)CCC3Cc2nc3nc(O[C@@H]4CO[C@H](CO)C4)[nH]c3cc2Cl)cn1. The van der Waals surface area contributed by atoms with E-state index in [0.29, 0.717) is 142 Å². The highest BCUT2D eigenvalue weighted by Gasteiger charge is 2.35. The molecule has 9 aromatic heterocycles. The van der Waals surface area contributed by atoms with Crippen LogP contribution in [0, 0.1) is 17.5 Å². The standard InChI is InChI=1S/3C25H25ClFN5O3/c3*1-32-10-16(9-28-32)15-4-13-2-3-14(23(13)20(27)5-15)6-21-19(26)8-22-24(29-21)31-25(30-22)35-18-7-17(11-33)34-12-18/h3*4-5,8-10,14,17-18,33H,2-3,6-7,11-12H2,1H3,(H,29,30,31)/t3*14?,17-,18-/m000/s1. The lowest BCUT2D eigenvalue weighted by molar-refractivity contribution is 0.0528. The smallest absolute Gasteiger partial charge is 0.296 e. The molecule has 30 heteroatoms. The van der Waals surface area contributed by atoms with Crippen LogP contribution in [0.1, 0.15) is 107 Å². The van der Waals surface area contributed by atoms with Crippen molar-refractivity contribution in [2.45, 2.75) is 131 Å². The number of pyridine rings is 3. The molecule has 3 saturated heterocycles. The molecule has 3 aromatic carbocycles. The predicted octanol–water partition coefficient (Wildman–Crippen LogP) is 11.9. The quantitative estimate of drug-likeness (QED) is 0.0465. The zero-order chi connectivity index (χ0) is 72.3. The first-order valence-corrected chi connectivity index (χ1v) is 36.3. The van der Waals surface area contributed by atoms with Crippen LogP contribution < -0.4 is 14.2 Å². The zero-order valence-corrected chi connectivity index (χ0v) is 59.8. The molecule has 3 unspecified atom stereocenters. The Morgan fingerprint density at radius 3 is 0.981 bits per heavy atom. The molecule has 105 heavy (non-hydrogen) atoms. The number of hydrogen-bond donors (Lipinski definition) is 6. The molecule has 6 aliphatic rings. The van der Waals surface area contributed by atoms with Gasteiger partial charge in [0.15, 0.2) is 16.9 Å². The van der Waals surface area contributed by atoms with Gasteiger partial charge in [0.1, 0.15) is 35.8 Å². The molecule has 0 radical (unpaired) electrons. The molecular weight excluding hydrogens is 1420 g/mol. The van der Waals surface area contributed by atoms with E-state index in [1.807, 2.05) is 39.7 Å². The topological polar surface area (TPSA) is 294 Å². The van der Waals surface area contributed by atoms with Crippen LogP contribution >= 0.6 is 34.8 Å². The lowest BCUT2D eigenvalue weighted by Gasteiger charge is -2.14. The Bertz CT molecular complexity index is 4710. The van der Waals surface area contributed by atoms with E-state index < -0.39 is 0 Å². The molecule has 546 valence electrons. The van der Waals surface area contributed by atoms with Crippen LogP contribution in [0.3, 0.4) is 0 Å². The summed E-state index contributed by atoms with van der Waals surface area (Å²) in [7, 11) is 5.54. The highest BCUT2D eigenvalue weighted by atomic mass is 35.5. The molecule has 9 atom stereocenters. The number of aliphatic hydroxyl groups excluding tert-OH is 3. The first-order chi connectivity index (χ1) is 50.9. The van der Waals surface area contributed by atoms with Gasteiger partial charge in [-0.25, -0.2) is 28.1 Å². The van der Waals surface area contributed by atoms with Gasteiger partial charge in [-0.1, -0.05) is 53.0 Å². The molecular formula is C75H75Cl3F3N15O9. The van der Waals surface area contributed by atoms with Crippen molar-refractivity contribution >= 4 is 68.3 Å². The first-order valence-electron chi connectivity index (χ1n) is 35.2. The molecule has 3 fully saturated rings. The van der Waals surface area contributed by atoms with Crippen molar-refractivity contribution in [3.05, 3.63) is 175 Å². The number of aromatic amines is 3. The van der Waals surface area contributed by atoms with Gasteiger partial charge in [-0.3, -0.25) is 14.0 Å². The second-order valence-corrected chi connectivity index (χ2v) is 29.2. The van der Waals surface area contributed by atoms with E-state index in [2.05, 4.69) is 78.4 Å². The first kappa shape index (κ1) is 70.3. The van der Waals surface area contributed by atoms with Gasteiger partial charge in [-0.2, -0.15) is 30.2 Å². The number of benzene rings is 3. The van der Waals surface area contributed by atoms with Crippen molar-refractivity contribution in [3.63, 3.8) is 0 Å². The van der Waals surface area contributed by atoms with Crippen molar-refractivity contribution in [2.75, 3.05) is 39.6 Å². The van der Waals surface area contributed by atoms with E-state index in [-0.39, 0.29) is 91.6 Å². The number of halogens is 6. The molecule has 3 aliphatic carbocycles. The van der Waals surface area contributed by atoms with E-state index in [9.17, 15) is 15.3 Å². The van der Waals surface area contributed by atoms with Crippen LogP contribution in [-0.2, 0) is 73.9 Å². The van der Waals surface area contributed by atoms with Gasteiger partial charge >= 0.3 is 0 Å². The third kappa shape index (κ3) is 15.0. The van der Waals surface area contributed by atoms with Crippen molar-refractivity contribution in [1.82, 2.24) is 74.2 Å². The van der Waals surface area contributed by atoms with Crippen LogP contribution in [0.25, 0.3) is 66.9 Å². The van der Waals surface area contributed by atoms with E-state index in [1.165, 1.54) is 0 Å². The summed E-state index contributed by atoms with van der Waals surface area (Å²) in [5, 5.41) is 41.8. The Morgan fingerprint density at radius 1 is 0.429 bits per heavy atom. The third-order valence-corrected chi connectivity index (χ3v) is 21.6. The summed E-state index contributed by atoms with van der Waals surface area (Å²) in [6, 6.07) is 17.4. The van der Waals surface area contributed by atoms with Crippen LogP contribution in [0.4, 0.5) is 13.2 Å². The maximum atomic E-state index is 15.3. The Labute approximate surface area is 614 Å². The second-order valence-electron chi connectivity index (χ2n) is 28.0. The van der Waals surface area contributed by atoms with Crippen LogP contribution in [-0.4, -0.2) is 166 Å². The van der Waals surface area contributed by atoms with Gasteiger partial charge in [0.05, 0.1) is 125 Å². The van der Waals surface area contributed by atoms with E-state index in [4.69, 9.17) is 63.2 Å². The maximum absolute atomic E-state index is 15.3. The number of hydrogen-bond acceptors (Lipinski definition) is 18. The summed E-state index contributed by atoms with van der Waals surface area (Å²) in [5.74, 6) is -0.604. The van der Waals surface area contributed by atoms with E-state index >= 15 is 13.2 Å². The number of fused-ring (bicyclic) bond motifs is 6. The molecule has 0 bridgehead atoms. The number of aliphatic hydroxyl groups is 3. The highest BCUT2D eigenvalue weighted by Crippen LogP contribution is 2.45. The number of ether oxygens (including phenoxy) is 6. The van der Waals surface area contributed by atoms with Crippen molar-refractivity contribution in [3.8, 4) is 51.4 Å². The fourth-order valence-electron chi connectivity index (χ4n) is 15.5. The lowest BCUT2D eigenvalue weighted by Crippen LogP contribution is -2.17. The monoisotopic (exact) mass is 1490 g/mol. The molecule has 0 saturated carbocycles. The fraction of sp³-hybridized carbons (Fsp3) is 0.400. The maximum Gasteiger partial charge on any atom is 0.296 e. The van der Waals surface area contributed by atoms with E-state index in [0.717, 1.165) is 105 Å². The van der Waals surface area contributed by atoms with Gasteiger partial charge < -0.3 is 58.7 Å². The van der Waals surface area contributed by atoms with Crippen molar-refractivity contribution in [1.29, 1.82) is 0 Å². The molecule has 6 N–H and O–H groups in total. The van der Waals surface area contributed by atoms with Crippen LogP contribution in [0.5, 0.6) is 18.0 Å². The Morgan fingerprint density at radius 2 is 0.724 bits per heavy atom. The lowest BCUT2D eigenvalue weighted by atomic mass is 9.93. The average Bonchev–Trinajstić information content (AvgIpc) is 1.65. The molecule has 12 heterocycles. The minimum atomic E-state index is -0.210. The summed E-state index contributed by atoms with van der Waals surface area (Å²) in [4.78, 5) is 36.7. The molecule has 18 rings (SSSR count). The van der Waals surface area contributed by atoms with Crippen molar-refractivity contribution in [2.24, 2.45) is 21.1 Å². The number of aromatic nitrogens is 15. The number of H-pyrrole nitrogens is 3. The number of imidazole rings is 3. The summed E-state index contributed by atoms with van der Waals surface area (Å²) >= 11 is 19.7. The van der Waals surface area contributed by atoms with E-state index in [1.54, 1.807) is 69.0 Å². The number of nitrogens with one attached hydrogen (secondary N) is 3. The molecule has 0 amide bonds. The summed E-state index contributed by atoms with van der Waals surface area (Å²) in [5.41, 5.74) is 16.2. The normalized spacial score (nSPS) is 21.7. The van der Waals surface area contributed by atoms with Gasteiger partial charge in [-0.15, -0.1) is 0 Å². The molecule has 12 aromatic rings. The van der Waals surface area contributed by atoms with Gasteiger partial charge in [0, 0.05) is 75.7 Å². The summed E-state index contributed by atoms with van der Waals surface area (Å²) < 4.78 is 84.9. The Kier molecular flexibility index (Phi) is 19.9. The molecule has 0 spiro atoms. The predicted molar refractivity (Wildman–Crippen MR) is 384 cm³/mol. The fourth-order valence-corrected chi connectivity index (χ4v) is 16.2. The minimum absolute atomic E-state index is 0.00360. The van der Waals surface area contributed by atoms with Crippen LogP contribution in [0.15, 0.2) is 91.8 Å². The highest BCUT2D eigenvalue weighted by molar-refractivity contribution is 6.32. The minimum Gasteiger partial charge on any atom is -0.459 e. The molecule has 3 aliphatic heterocycles. The van der Waals surface area contributed by atoms with Gasteiger partial charge in [0.2, 0.25) is 0 Å². The second kappa shape index (κ2) is 29.7. The number of nitrogens with zero attached hydrogens (tertiary/aromatic N) is 12. The van der Waals surface area contributed by atoms with Gasteiger partial charge in [-0.05, 0) is 162 Å². The largest absolute Gasteiger partial charge is 0.459 e. The third-order valence-electron chi connectivity index (χ3n) is 20.6. The Balaban J connectivity index is 0.000000121. The summed E-state index contributed by atoms with van der Waals surface area (Å²) in [6.07, 6.45) is 18.1. The van der Waals surface area contributed by atoms with Gasteiger partial charge in [0.25, 0.3) is 18.0 Å². The van der Waals surface area contributed by atoms with Crippen molar-refractivity contribution < 1.29 is 56.9 Å². The average molecular weight is 1490 g/mol. The summed E-state index contributed by atoms with van der Waals surface area (Å²) in [6.45, 7) is 1.10. The Hall–Kier alpha value is -9.03. The van der Waals surface area contributed by atoms with Crippen LogP contribution in [0.2, 0.25) is 15.1 Å².